The molecule has 0 unspecified atom stereocenters. The minimum atomic E-state index is -2.15. The largest absolute Gasteiger partial charge is 0.382 e. The summed E-state index contributed by atoms with van der Waals surface area (Å²) in [4.78, 5) is 0. The first kappa shape index (κ1) is 94.3. The SMILES string of the molecule is COC[C@H]1O[C@]2(CO[C@]3(CO[C@]4(CO[C@]5(CO[C@]6(CO[C@]7(CO[C@]8(CO[C@]9(CO2)O[C@H](COC)[C@@H](OC)[C@@H]9OC)O[C@H](COC)[C@@H](OC)[C@@H]8OC)O[C@H](COC)[C@@H](OC)[C@@H]7OC)O[C@H](COC)[C@@H](OC)[C@@H]6OC)O[C@H](COC)[C@@H](OC)[C@@H]5OC)O[C@H](COC)[C@@H](OC)[C@@H]4OC)O[C@H](COC)[C@@H](OC)[C@@H]3OC)[C@@H](OC)[C@@H]1OC. The van der Waals surface area contributed by atoms with Gasteiger partial charge in [-0.2, -0.15) is 0 Å². The van der Waals surface area contributed by atoms with Crippen LogP contribution in [0.15, 0.2) is 0 Å². The van der Waals surface area contributed by atoms with Crippen LogP contribution in [-0.4, -0.2) is 469 Å². The highest BCUT2D eigenvalue weighted by Gasteiger charge is 2.72. The smallest absolute Gasteiger partial charge is 0.222 e. The molecule has 40 heteroatoms. The van der Waals surface area contributed by atoms with Crippen molar-refractivity contribution in [2.45, 2.75) is 193 Å². The molecule has 9 aliphatic rings. The molecule has 0 bridgehead atoms. The third-order valence-electron chi connectivity index (χ3n) is 22.6. The summed E-state index contributed by atoms with van der Waals surface area (Å²) < 4.78 is 266. The molecule has 0 N–H and O–H groups in total. The van der Waals surface area contributed by atoms with Crippen molar-refractivity contribution in [2.24, 2.45) is 0 Å². The van der Waals surface area contributed by atoms with Crippen molar-refractivity contribution in [1.82, 2.24) is 0 Å². The molecule has 9 saturated heterocycles. The standard InChI is InChI=1S/C72H128O40/c1-73-25-41-49(81-9)57(89-17)65(105-41)33-98-67(59(91-19)51(83-11)43(107-67)27-75-3)35-100-69(61(93-21)53(85-13)45(109-69)29-77-5)37-102-71(63(95-23)55(87-15)47(111-71)31-79-7)39-104-72(64(96-24)56(88-16)48(112-72)32-80-8)40-103-70(62(94-22)54(86-14)46(110-70)30-78-6)38-101-68(60(92-20)52(84-12)44(108-68)28-76-4)36-99-66(34-97-65)58(90-18)50(82-10)42(106-66)26-74-2/h41-64H,25-40H2,1-24H3/t41-,42-,43-,44-,45-,46-,47-,48-,49-,50-,51-,52-,53-,54-,55-,56-,57+,58+,59+,60+,61+,62+,63+,64+,65-,66-,67-,68-,69-,70-,71-,72-/m1/s1. The Morgan fingerprint density at radius 3 is 0.330 bits per heavy atom. The van der Waals surface area contributed by atoms with Gasteiger partial charge in [0.25, 0.3) is 0 Å². The molecule has 9 fully saturated rings. The van der Waals surface area contributed by atoms with Crippen LogP contribution < -0.4 is 0 Å². The van der Waals surface area contributed by atoms with Gasteiger partial charge in [-0.1, -0.05) is 0 Å². The maximum atomic E-state index is 7.46. The van der Waals surface area contributed by atoms with Gasteiger partial charge in [-0.05, 0) is 0 Å². The quantitative estimate of drug-likeness (QED) is 0.0725. The predicted molar refractivity (Wildman–Crippen MR) is 376 cm³/mol. The van der Waals surface area contributed by atoms with E-state index in [9.17, 15) is 0 Å². The first-order valence-corrected chi connectivity index (χ1v) is 37.1. The van der Waals surface area contributed by atoms with Gasteiger partial charge in [0.1, 0.15) is 199 Å². The highest BCUT2D eigenvalue weighted by Crippen LogP contribution is 2.51. The Morgan fingerprint density at radius 2 is 0.259 bits per heavy atom. The van der Waals surface area contributed by atoms with Crippen LogP contribution in [0.1, 0.15) is 0 Å². The lowest BCUT2D eigenvalue weighted by atomic mass is 10.0. The molecule has 9 aliphatic heterocycles. The molecular weight excluding hydrogens is 1500 g/mol. The van der Waals surface area contributed by atoms with Crippen molar-refractivity contribution in [1.29, 1.82) is 0 Å². The fourth-order valence-electron chi connectivity index (χ4n) is 17.7. The minimum absolute atomic E-state index is 0.0612. The van der Waals surface area contributed by atoms with Gasteiger partial charge in [-0.25, -0.2) is 0 Å². The fourth-order valence-corrected chi connectivity index (χ4v) is 17.7. The topological polar surface area (TPSA) is 369 Å². The van der Waals surface area contributed by atoms with E-state index in [1.165, 1.54) is 171 Å². The zero-order valence-corrected chi connectivity index (χ0v) is 69.5. The van der Waals surface area contributed by atoms with E-state index in [-0.39, 0.29) is 52.9 Å². The average molecular weight is 1630 g/mol. The van der Waals surface area contributed by atoms with Gasteiger partial charge in [0, 0.05) is 171 Å². The molecule has 9 rings (SSSR count). The Kier molecular flexibility index (Phi) is 35.6. The van der Waals surface area contributed by atoms with Crippen molar-refractivity contribution in [2.75, 3.05) is 276 Å². The molecule has 0 aromatic carbocycles. The molecule has 0 saturated carbocycles. The van der Waals surface area contributed by atoms with E-state index < -0.39 is 246 Å². The lowest BCUT2D eigenvalue weighted by molar-refractivity contribution is -0.403. The Hall–Kier alpha value is -1.60. The summed E-state index contributed by atoms with van der Waals surface area (Å²) in [5.41, 5.74) is 0. The van der Waals surface area contributed by atoms with Gasteiger partial charge in [0.05, 0.1) is 52.9 Å². The average Bonchev–Trinajstić information content (AvgIpc) is 1.58. The molecule has 8 spiro atoms. The first-order chi connectivity index (χ1) is 54.2. The number of hydrogen-bond acceptors (Lipinski definition) is 40. The molecule has 0 aromatic rings. The predicted octanol–water partition coefficient (Wildman–Crippen LogP) is -1.70. The van der Waals surface area contributed by atoms with E-state index in [4.69, 9.17) is 189 Å². The molecule has 40 nitrogen and oxygen atoms in total. The first-order valence-electron chi connectivity index (χ1n) is 37.1. The van der Waals surface area contributed by atoms with Gasteiger partial charge >= 0.3 is 0 Å². The Labute approximate surface area is 656 Å². The van der Waals surface area contributed by atoms with Crippen molar-refractivity contribution in [3.05, 3.63) is 0 Å². The number of methoxy groups -OCH3 is 24. The van der Waals surface area contributed by atoms with E-state index in [1.807, 2.05) is 0 Å². The number of hydrogen-bond donors (Lipinski definition) is 0. The normalized spacial score (nSPS) is 46.1. The molecule has 0 amide bonds. The monoisotopic (exact) mass is 1630 g/mol. The van der Waals surface area contributed by atoms with E-state index in [0.717, 1.165) is 0 Å². The van der Waals surface area contributed by atoms with E-state index in [1.54, 1.807) is 0 Å². The molecule has 0 aromatic heterocycles. The Bertz CT molecular complexity index is 2160. The number of rotatable bonds is 32. The third kappa shape index (κ3) is 18.2. The summed E-state index contributed by atoms with van der Waals surface area (Å²) in [6, 6.07) is 0. The highest BCUT2D eigenvalue weighted by atomic mass is 16.9. The molecule has 112 heavy (non-hydrogen) atoms. The second kappa shape index (κ2) is 42.3. The van der Waals surface area contributed by atoms with Crippen LogP contribution in [0, 0.1) is 0 Å². The van der Waals surface area contributed by atoms with E-state index >= 15 is 0 Å². The lowest BCUT2D eigenvalue weighted by Gasteiger charge is -2.45. The van der Waals surface area contributed by atoms with Crippen LogP contribution in [0.25, 0.3) is 0 Å². The molecule has 32 atom stereocenters. The van der Waals surface area contributed by atoms with E-state index in [0.29, 0.717) is 0 Å². The second-order valence-corrected chi connectivity index (χ2v) is 28.6. The van der Waals surface area contributed by atoms with Crippen molar-refractivity contribution >= 4 is 0 Å². The van der Waals surface area contributed by atoms with Gasteiger partial charge in [0.15, 0.2) is 0 Å². The zero-order valence-electron chi connectivity index (χ0n) is 69.5. The van der Waals surface area contributed by atoms with Crippen molar-refractivity contribution in [3.63, 3.8) is 0 Å². The zero-order chi connectivity index (χ0) is 81.5. The molecule has 656 valence electrons. The summed E-state index contributed by atoms with van der Waals surface area (Å²) in [6.45, 7) is -5.64. The summed E-state index contributed by atoms with van der Waals surface area (Å²) >= 11 is 0. The van der Waals surface area contributed by atoms with Gasteiger partial charge in [0.2, 0.25) is 46.3 Å². The van der Waals surface area contributed by atoms with Crippen LogP contribution in [0.3, 0.4) is 0 Å². The lowest BCUT2D eigenvalue weighted by Crippen LogP contribution is -2.63. The van der Waals surface area contributed by atoms with Gasteiger partial charge < -0.3 is 189 Å². The molecule has 9 heterocycles. The fraction of sp³-hybridized carbons (Fsp3) is 1.00. The highest BCUT2D eigenvalue weighted by molar-refractivity contribution is 5.11. The molecule has 0 radical (unpaired) electrons. The van der Waals surface area contributed by atoms with Gasteiger partial charge in [-0.15, -0.1) is 0 Å². The summed E-state index contributed by atoms with van der Waals surface area (Å²) in [5.74, 6) is -17.2. The van der Waals surface area contributed by atoms with Crippen LogP contribution in [0.5, 0.6) is 0 Å². The third-order valence-corrected chi connectivity index (χ3v) is 22.6. The Morgan fingerprint density at radius 1 is 0.161 bits per heavy atom. The summed E-state index contributed by atoms with van der Waals surface area (Å²) in [7, 11) is 35.7. The number of ether oxygens (including phenoxy) is 40. The summed E-state index contributed by atoms with van der Waals surface area (Å²) in [5, 5.41) is 0. The maximum Gasteiger partial charge on any atom is 0.222 e. The van der Waals surface area contributed by atoms with Crippen molar-refractivity contribution in [3.8, 4) is 0 Å². The molecular formula is C72H128O40. The van der Waals surface area contributed by atoms with Crippen LogP contribution >= 0.6 is 0 Å². The van der Waals surface area contributed by atoms with Crippen molar-refractivity contribution < 1.29 is 189 Å². The molecule has 0 aliphatic carbocycles. The maximum absolute atomic E-state index is 7.46. The second-order valence-electron chi connectivity index (χ2n) is 28.6. The van der Waals surface area contributed by atoms with Crippen LogP contribution in [0.2, 0.25) is 0 Å². The van der Waals surface area contributed by atoms with E-state index in [2.05, 4.69) is 0 Å². The van der Waals surface area contributed by atoms with Gasteiger partial charge in [-0.3, -0.25) is 0 Å². The summed E-state index contributed by atoms with van der Waals surface area (Å²) in [6.07, 6.45) is -25.0. The van der Waals surface area contributed by atoms with Crippen LogP contribution in [0.4, 0.5) is 0 Å². The minimum Gasteiger partial charge on any atom is -0.382 e. The van der Waals surface area contributed by atoms with Crippen LogP contribution in [-0.2, 0) is 189 Å². The Balaban J connectivity index is 1.34.